The summed E-state index contributed by atoms with van der Waals surface area (Å²) in [6.45, 7) is 5.67. The van der Waals surface area contributed by atoms with Crippen LogP contribution in [-0.2, 0) is 13.1 Å². The first kappa shape index (κ1) is 35.5. The Bertz CT molecular complexity index is 1930. The smallest absolute Gasteiger partial charge is 0.347 e. The predicted octanol–water partition coefficient (Wildman–Crippen LogP) is 3.44. The number of carbonyl (C=O) groups is 1. The third-order valence-electron chi connectivity index (χ3n) is 7.61. The van der Waals surface area contributed by atoms with E-state index < -0.39 is 0 Å². The van der Waals surface area contributed by atoms with E-state index in [0.29, 0.717) is 59.7 Å². The Morgan fingerprint density at radius 1 is 0.771 bits per heavy atom. The lowest BCUT2D eigenvalue weighted by Gasteiger charge is -2.13. The fourth-order valence-electron chi connectivity index (χ4n) is 4.98. The van der Waals surface area contributed by atoms with E-state index >= 15 is 0 Å². The number of aryl methyl sites for hydroxylation is 2. The lowest BCUT2D eigenvalue weighted by molar-refractivity contribution is -0.627. The lowest BCUT2D eigenvalue weighted by Crippen LogP contribution is -2.82. The molecular formula is C34H43N9O5+2. The van der Waals surface area contributed by atoms with Crippen molar-refractivity contribution in [2.75, 3.05) is 34.2 Å². The molecule has 0 saturated carbocycles. The van der Waals surface area contributed by atoms with Crippen LogP contribution in [0.15, 0.2) is 90.7 Å². The summed E-state index contributed by atoms with van der Waals surface area (Å²) in [7, 11) is 5.82. The highest BCUT2D eigenvalue weighted by Crippen LogP contribution is 2.32. The van der Waals surface area contributed by atoms with Gasteiger partial charge in [-0.15, -0.1) is 10.2 Å². The van der Waals surface area contributed by atoms with Crippen molar-refractivity contribution in [3.05, 3.63) is 98.1 Å². The third-order valence-corrected chi connectivity index (χ3v) is 7.61. The summed E-state index contributed by atoms with van der Waals surface area (Å²) in [5, 5.41) is 41.9. The number of primary amides is 1. The first-order chi connectivity index (χ1) is 23.0. The number of nitrogens with two attached hydrogens (primary N) is 2. The van der Waals surface area contributed by atoms with Crippen molar-refractivity contribution in [3.63, 3.8) is 0 Å². The number of aromatic nitrogens is 2. The van der Waals surface area contributed by atoms with Crippen LogP contribution >= 0.6 is 0 Å². The molecular weight excluding hydrogens is 614 g/mol. The van der Waals surface area contributed by atoms with E-state index in [2.05, 4.69) is 20.5 Å². The molecule has 14 heteroatoms. The Balaban J connectivity index is 1.44. The molecule has 0 spiro atoms. The number of pyridine rings is 2. The molecule has 48 heavy (non-hydrogen) atoms. The standard InChI is InChI=1S/C34H41N9O5/c1-22-20-29(45)43(18-8-16-41(4)5)34(48)30(22)39-37-25-13-11-24(12-14-25)32(46)36-26-9-6-10-27(21-26)38-40-31-23(2)19-28(44)42(33(31)47)17-7-15-35-3/h6,9-14,19-21,35,47-48H,7-8,15-18H2,1-5H3,(H,36,46)/p+2. The first-order valence-electron chi connectivity index (χ1n) is 15.7. The molecule has 4 aromatic rings. The Morgan fingerprint density at radius 3 is 1.90 bits per heavy atom. The van der Waals surface area contributed by atoms with Gasteiger partial charge in [-0.2, -0.15) is 10.2 Å². The normalized spacial score (nSPS) is 11.7. The summed E-state index contributed by atoms with van der Waals surface area (Å²) < 4.78 is 2.58. The average Bonchev–Trinajstić information content (AvgIpc) is 3.04. The number of benzene rings is 2. The number of hydrogen-bond acceptors (Lipinski definition) is 10. The molecule has 252 valence electrons. The van der Waals surface area contributed by atoms with Crippen LogP contribution in [0.5, 0.6) is 11.8 Å². The van der Waals surface area contributed by atoms with Gasteiger partial charge in [0.25, 0.3) is 11.1 Å². The quantitative estimate of drug-likeness (QED) is 0.0913. The van der Waals surface area contributed by atoms with Crippen LogP contribution in [0.3, 0.4) is 0 Å². The molecule has 0 atom stereocenters. The van der Waals surface area contributed by atoms with Gasteiger partial charge in [-0.3, -0.25) is 18.7 Å². The SMILES string of the molecule is C[NH2+]CCCn1c(O)c(N=Nc2cccc([NH2+]C(=O)c3ccc(N=Nc4c(C)cc(=O)n(CCCN(C)C)c4O)cc3)c2)c(C)cc1=O. The third kappa shape index (κ3) is 9.15. The first-order valence-corrected chi connectivity index (χ1v) is 15.7. The lowest BCUT2D eigenvalue weighted by atomic mass is 10.2. The fraction of sp³-hybridized carbons (Fsp3) is 0.324. The molecule has 0 aliphatic heterocycles. The van der Waals surface area contributed by atoms with E-state index in [1.165, 1.54) is 26.6 Å². The van der Waals surface area contributed by atoms with Crippen LogP contribution in [0, 0.1) is 13.8 Å². The Labute approximate surface area is 278 Å². The zero-order valence-electron chi connectivity index (χ0n) is 27.9. The van der Waals surface area contributed by atoms with Crippen LogP contribution in [-0.4, -0.2) is 64.4 Å². The predicted molar refractivity (Wildman–Crippen MR) is 182 cm³/mol. The molecule has 0 saturated heterocycles. The van der Waals surface area contributed by atoms with E-state index in [1.54, 1.807) is 62.4 Å². The average molecular weight is 658 g/mol. The van der Waals surface area contributed by atoms with Crippen molar-refractivity contribution in [1.82, 2.24) is 14.0 Å². The second-order valence-corrected chi connectivity index (χ2v) is 11.7. The maximum atomic E-state index is 13.0. The molecule has 6 N–H and O–H groups in total. The maximum absolute atomic E-state index is 13.0. The molecule has 2 aromatic heterocycles. The summed E-state index contributed by atoms with van der Waals surface area (Å²) in [5.74, 6) is -0.703. The maximum Gasteiger partial charge on any atom is 0.347 e. The van der Waals surface area contributed by atoms with Crippen molar-refractivity contribution >= 4 is 34.3 Å². The van der Waals surface area contributed by atoms with Gasteiger partial charge in [0, 0.05) is 37.7 Å². The molecule has 0 unspecified atom stereocenters. The second kappa shape index (κ2) is 16.5. The summed E-state index contributed by atoms with van der Waals surface area (Å²) >= 11 is 0. The van der Waals surface area contributed by atoms with Gasteiger partial charge in [0.05, 0.1) is 30.5 Å². The molecule has 4 rings (SSSR count). The molecule has 1 amide bonds. The topological polar surface area (TPSA) is 187 Å². The van der Waals surface area contributed by atoms with E-state index in [4.69, 9.17) is 0 Å². The molecule has 14 nitrogen and oxygen atoms in total. The van der Waals surface area contributed by atoms with Gasteiger partial charge in [-0.1, -0.05) is 6.07 Å². The van der Waals surface area contributed by atoms with Gasteiger partial charge >= 0.3 is 5.91 Å². The minimum absolute atomic E-state index is 0.211. The van der Waals surface area contributed by atoms with Crippen molar-refractivity contribution < 1.29 is 25.6 Å². The molecule has 0 aliphatic carbocycles. The summed E-state index contributed by atoms with van der Waals surface area (Å²) in [6.07, 6.45) is 1.39. The van der Waals surface area contributed by atoms with Gasteiger partial charge in [0.2, 0.25) is 11.8 Å². The summed E-state index contributed by atoms with van der Waals surface area (Å²) in [4.78, 5) is 39.9. The Morgan fingerprint density at radius 2 is 1.33 bits per heavy atom. The van der Waals surface area contributed by atoms with Gasteiger partial charge in [0.15, 0.2) is 0 Å². The molecule has 0 aliphatic rings. The van der Waals surface area contributed by atoms with Crippen LogP contribution < -0.4 is 21.8 Å². The Hall–Kier alpha value is -5.31. The number of amides is 1. The molecule has 0 bridgehead atoms. The number of aromatic hydroxyl groups is 2. The van der Waals surface area contributed by atoms with E-state index in [-0.39, 0.29) is 40.2 Å². The van der Waals surface area contributed by atoms with Crippen molar-refractivity contribution in [1.29, 1.82) is 0 Å². The molecule has 2 aromatic carbocycles. The number of rotatable bonds is 14. The number of quaternary nitrogens is 2. The monoisotopic (exact) mass is 657 g/mol. The molecule has 0 fully saturated rings. The highest BCUT2D eigenvalue weighted by Gasteiger charge is 2.16. The second-order valence-electron chi connectivity index (χ2n) is 11.7. The zero-order valence-corrected chi connectivity index (χ0v) is 27.9. The van der Waals surface area contributed by atoms with Crippen molar-refractivity contribution in [3.8, 4) is 11.8 Å². The number of carbonyl (C=O) groups excluding carboxylic acids is 1. The van der Waals surface area contributed by atoms with E-state index in [9.17, 15) is 24.6 Å². The number of nitrogens with zero attached hydrogens (tertiary/aromatic N) is 7. The Kier molecular flexibility index (Phi) is 12.2. The highest BCUT2D eigenvalue weighted by molar-refractivity contribution is 5.88. The van der Waals surface area contributed by atoms with E-state index in [1.807, 2.05) is 31.4 Å². The van der Waals surface area contributed by atoms with Crippen molar-refractivity contribution in [2.24, 2.45) is 20.5 Å². The van der Waals surface area contributed by atoms with Crippen molar-refractivity contribution in [2.45, 2.75) is 39.8 Å². The number of azo groups is 2. The van der Waals surface area contributed by atoms with Crippen LogP contribution in [0.2, 0.25) is 0 Å². The molecule has 2 heterocycles. The van der Waals surface area contributed by atoms with Gasteiger partial charge < -0.3 is 20.4 Å². The van der Waals surface area contributed by atoms with Crippen LogP contribution in [0.1, 0.15) is 34.3 Å². The number of hydrogen-bond donors (Lipinski definition) is 4. The highest BCUT2D eigenvalue weighted by atomic mass is 16.3. The molecule has 0 radical (unpaired) electrons. The van der Waals surface area contributed by atoms with Gasteiger partial charge in [0.1, 0.15) is 17.1 Å². The largest absolute Gasteiger partial charge is 0.493 e. The van der Waals surface area contributed by atoms with Gasteiger partial charge in [-0.05, 0) is 88.4 Å². The van der Waals surface area contributed by atoms with Crippen LogP contribution in [0.25, 0.3) is 0 Å². The zero-order chi connectivity index (χ0) is 34.8. The summed E-state index contributed by atoms with van der Waals surface area (Å²) in [6, 6.07) is 16.3. The van der Waals surface area contributed by atoms with Crippen LogP contribution in [0.4, 0.5) is 28.4 Å². The summed E-state index contributed by atoms with van der Waals surface area (Å²) in [5.41, 5.74) is 2.80. The minimum atomic E-state index is -0.301. The van der Waals surface area contributed by atoms with Gasteiger partial charge in [-0.25, -0.2) is 10.1 Å². The minimum Gasteiger partial charge on any atom is -0.493 e. The van der Waals surface area contributed by atoms with E-state index in [0.717, 1.165) is 13.1 Å². The fourth-order valence-corrected chi connectivity index (χ4v) is 4.98.